The lowest BCUT2D eigenvalue weighted by Crippen LogP contribution is -2.42. The lowest BCUT2D eigenvalue weighted by Gasteiger charge is -2.33. The number of β-amino-alcohol motifs (C(OH)–C–C–N with tert-alkyl or cyclic N) is 1. The summed E-state index contributed by atoms with van der Waals surface area (Å²) in [6.45, 7) is 8.75. The number of aliphatic hydroxyl groups excluding tert-OH is 1. The number of aromatic nitrogens is 1. The van der Waals surface area contributed by atoms with Crippen LogP contribution in [-0.2, 0) is 9.53 Å². The Morgan fingerprint density at radius 1 is 1.09 bits per heavy atom. The highest BCUT2D eigenvalue weighted by Crippen LogP contribution is 2.32. The van der Waals surface area contributed by atoms with Gasteiger partial charge in [-0.2, -0.15) is 0 Å². The van der Waals surface area contributed by atoms with E-state index in [1.807, 2.05) is 44.0 Å². The summed E-state index contributed by atoms with van der Waals surface area (Å²) in [4.78, 5) is 33.0. The molecule has 2 amide bonds. The predicted molar refractivity (Wildman–Crippen MR) is 133 cm³/mol. The van der Waals surface area contributed by atoms with Crippen LogP contribution in [-0.4, -0.2) is 76.4 Å². The molecule has 192 valence electrons. The highest BCUT2D eigenvalue weighted by molar-refractivity contribution is 5.81. The van der Waals surface area contributed by atoms with Crippen molar-refractivity contribution in [2.75, 3.05) is 32.8 Å². The van der Waals surface area contributed by atoms with Crippen LogP contribution >= 0.6 is 0 Å². The molecule has 0 saturated carbocycles. The first-order chi connectivity index (χ1) is 16.7. The standard InChI is InChI=1S/C27H39N3O5/c1-27(2,3)35-26(33)29-13-10-19(11-14-29)18-34-24-9-8-22(16-28-24)20-4-6-21(7-5-20)25(32)30-15-12-23(31)17-30/h4,8-9,16,19,21,23,31H,5-7,10-15,17-18H2,1-3H3/t21?,23-/m1/s1. The Hall–Kier alpha value is -2.61. The number of allylic oxidation sites excluding steroid dienone is 2. The van der Waals surface area contributed by atoms with Crippen LogP contribution in [0.3, 0.4) is 0 Å². The third-order valence-electron chi connectivity index (χ3n) is 7.08. The summed E-state index contributed by atoms with van der Waals surface area (Å²) in [6.07, 6.45) is 8.29. The molecule has 1 aromatic heterocycles. The van der Waals surface area contributed by atoms with Crippen molar-refractivity contribution in [1.82, 2.24) is 14.8 Å². The van der Waals surface area contributed by atoms with E-state index in [1.165, 1.54) is 5.57 Å². The molecule has 0 bridgehead atoms. The maximum atomic E-state index is 12.7. The SMILES string of the molecule is CC(C)(C)OC(=O)N1CCC(COc2ccc(C3=CCC(C(=O)N4CC[C@@H](O)C4)CC3)cn2)CC1. The van der Waals surface area contributed by atoms with Crippen molar-refractivity contribution in [3.63, 3.8) is 0 Å². The van der Waals surface area contributed by atoms with Crippen LogP contribution in [0.25, 0.3) is 5.57 Å². The van der Waals surface area contributed by atoms with E-state index in [2.05, 4.69) is 11.1 Å². The Morgan fingerprint density at radius 3 is 2.40 bits per heavy atom. The highest BCUT2D eigenvalue weighted by atomic mass is 16.6. The molecular formula is C27H39N3O5. The van der Waals surface area contributed by atoms with Gasteiger partial charge in [0.2, 0.25) is 11.8 Å². The van der Waals surface area contributed by atoms with E-state index in [4.69, 9.17) is 9.47 Å². The lowest BCUT2D eigenvalue weighted by molar-refractivity contribution is -0.135. The fourth-order valence-corrected chi connectivity index (χ4v) is 4.99. The van der Waals surface area contributed by atoms with Crippen LogP contribution in [0.1, 0.15) is 64.9 Å². The summed E-state index contributed by atoms with van der Waals surface area (Å²) in [7, 11) is 0. The molecule has 3 heterocycles. The van der Waals surface area contributed by atoms with Crippen LogP contribution in [0, 0.1) is 11.8 Å². The molecular weight excluding hydrogens is 446 g/mol. The first-order valence-electron chi connectivity index (χ1n) is 12.9. The minimum absolute atomic E-state index is 0.0151. The Morgan fingerprint density at radius 2 is 1.83 bits per heavy atom. The second-order valence-corrected chi connectivity index (χ2v) is 11.0. The first kappa shape index (κ1) is 25.5. The quantitative estimate of drug-likeness (QED) is 0.680. The van der Waals surface area contributed by atoms with E-state index in [0.717, 1.165) is 37.7 Å². The second kappa shape index (κ2) is 11.0. The summed E-state index contributed by atoms with van der Waals surface area (Å²) < 4.78 is 11.4. The van der Waals surface area contributed by atoms with Gasteiger partial charge in [-0.05, 0) is 82.4 Å². The van der Waals surface area contributed by atoms with Crippen molar-refractivity contribution in [1.29, 1.82) is 0 Å². The largest absolute Gasteiger partial charge is 0.477 e. The molecule has 0 radical (unpaired) electrons. The van der Waals surface area contributed by atoms with Gasteiger partial charge in [-0.25, -0.2) is 9.78 Å². The minimum atomic E-state index is -0.472. The van der Waals surface area contributed by atoms with Gasteiger partial charge >= 0.3 is 6.09 Å². The number of pyridine rings is 1. The van der Waals surface area contributed by atoms with E-state index in [1.54, 1.807) is 4.90 Å². The highest BCUT2D eigenvalue weighted by Gasteiger charge is 2.31. The summed E-state index contributed by atoms with van der Waals surface area (Å²) in [6, 6.07) is 3.95. The maximum absolute atomic E-state index is 12.7. The summed E-state index contributed by atoms with van der Waals surface area (Å²) >= 11 is 0. The molecule has 1 N–H and O–H groups in total. The van der Waals surface area contributed by atoms with Crippen LogP contribution in [0.2, 0.25) is 0 Å². The molecule has 2 aliphatic heterocycles. The smallest absolute Gasteiger partial charge is 0.410 e. The zero-order valence-electron chi connectivity index (χ0n) is 21.2. The Labute approximate surface area is 208 Å². The molecule has 1 aliphatic carbocycles. The Kier molecular flexibility index (Phi) is 7.99. The van der Waals surface area contributed by atoms with Gasteiger partial charge in [0.25, 0.3) is 0 Å². The van der Waals surface area contributed by atoms with Crippen molar-refractivity contribution in [3.8, 4) is 5.88 Å². The lowest BCUT2D eigenvalue weighted by atomic mass is 9.86. The third-order valence-corrected chi connectivity index (χ3v) is 7.08. The molecule has 0 aromatic carbocycles. The van der Waals surface area contributed by atoms with E-state index in [9.17, 15) is 14.7 Å². The number of amides is 2. The number of nitrogens with zero attached hydrogens (tertiary/aromatic N) is 3. The molecule has 0 spiro atoms. The molecule has 1 aromatic rings. The van der Waals surface area contributed by atoms with Crippen LogP contribution in [0.15, 0.2) is 24.4 Å². The number of piperidine rings is 1. The summed E-state index contributed by atoms with van der Waals surface area (Å²) in [5.74, 6) is 1.19. The van der Waals surface area contributed by atoms with Crippen molar-refractivity contribution in [2.45, 2.75) is 71.0 Å². The number of hydrogen-bond donors (Lipinski definition) is 1. The molecule has 8 heteroatoms. The molecule has 8 nitrogen and oxygen atoms in total. The summed E-state index contributed by atoms with van der Waals surface area (Å²) in [5, 5.41) is 9.69. The van der Waals surface area contributed by atoms with E-state index in [-0.39, 0.29) is 24.0 Å². The van der Waals surface area contributed by atoms with Crippen LogP contribution in [0.5, 0.6) is 5.88 Å². The van der Waals surface area contributed by atoms with Crippen molar-refractivity contribution in [2.24, 2.45) is 11.8 Å². The second-order valence-electron chi connectivity index (χ2n) is 11.0. The number of carbonyl (C=O) groups is 2. The van der Waals surface area contributed by atoms with Gasteiger partial charge in [-0.15, -0.1) is 0 Å². The number of aliphatic hydroxyl groups is 1. The van der Waals surface area contributed by atoms with Crippen LogP contribution in [0.4, 0.5) is 4.79 Å². The number of carbonyl (C=O) groups excluding carboxylic acids is 2. The predicted octanol–water partition coefficient (Wildman–Crippen LogP) is 3.88. The van der Waals surface area contributed by atoms with Gasteiger partial charge in [0.15, 0.2) is 0 Å². The molecule has 3 aliphatic rings. The number of rotatable bonds is 5. The topological polar surface area (TPSA) is 92.2 Å². The Balaban J connectivity index is 1.20. The molecule has 2 fully saturated rings. The summed E-state index contributed by atoms with van der Waals surface area (Å²) in [5.41, 5.74) is 1.83. The van der Waals surface area contributed by atoms with Crippen LogP contribution < -0.4 is 4.74 Å². The zero-order valence-corrected chi connectivity index (χ0v) is 21.2. The Bertz CT molecular complexity index is 916. The first-order valence-corrected chi connectivity index (χ1v) is 12.9. The average molecular weight is 486 g/mol. The zero-order chi connectivity index (χ0) is 25.0. The minimum Gasteiger partial charge on any atom is -0.477 e. The molecule has 2 atom stereocenters. The monoisotopic (exact) mass is 485 g/mol. The van der Waals surface area contributed by atoms with Crippen molar-refractivity contribution in [3.05, 3.63) is 30.0 Å². The number of hydrogen-bond acceptors (Lipinski definition) is 6. The fourth-order valence-electron chi connectivity index (χ4n) is 4.99. The van der Waals surface area contributed by atoms with Gasteiger partial charge in [0.1, 0.15) is 5.60 Å². The fraction of sp³-hybridized carbons (Fsp3) is 0.667. The normalized spacial score (nSPS) is 23.7. The molecule has 4 rings (SSSR count). The van der Waals surface area contributed by atoms with E-state index in [0.29, 0.717) is 51.0 Å². The van der Waals surface area contributed by atoms with Crippen molar-refractivity contribution >= 4 is 17.6 Å². The molecule has 35 heavy (non-hydrogen) atoms. The number of likely N-dealkylation sites (tertiary alicyclic amines) is 2. The maximum Gasteiger partial charge on any atom is 0.410 e. The van der Waals surface area contributed by atoms with Gasteiger partial charge in [-0.1, -0.05) is 6.08 Å². The molecule has 2 saturated heterocycles. The van der Waals surface area contributed by atoms with Gasteiger partial charge in [0, 0.05) is 44.4 Å². The van der Waals surface area contributed by atoms with E-state index < -0.39 is 5.60 Å². The van der Waals surface area contributed by atoms with Crippen molar-refractivity contribution < 1.29 is 24.2 Å². The van der Waals surface area contributed by atoms with Gasteiger partial charge in [-0.3, -0.25) is 4.79 Å². The molecule has 1 unspecified atom stereocenters. The third kappa shape index (κ3) is 6.97. The van der Waals surface area contributed by atoms with E-state index >= 15 is 0 Å². The van der Waals surface area contributed by atoms with Gasteiger partial charge < -0.3 is 24.4 Å². The number of ether oxygens (including phenoxy) is 2. The van der Waals surface area contributed by atoms with Gasteiger partial charge in [0.05, 0.1) is 12.7 Å². The average Bonchev–Trinajstić information content (AvgIpc) is 3.28.